The van der Waals surface area contributed by atoms with E-state index in [1.54, 1.807) is 11.3 Å². The second-order valence-electron chi connectivity index (χ2n) is 13.4. The monoisotopic (exact) mass is 707 g/mol. The van der Waals surface area contributed by atoms with E-state index < -0.39 is 0 Å². The molecule has 6 heteroatoms. The number of para-hydroxylation sites is 2. The molecular formula is C48H29N5S. The Kier molecular flexibility index (Phi) is 6.97. The van der Waals surface area contributed by atoms with E-state index in [1.165, 1.54) is 31.6 Å². The van der Waals surface area contributed by atoms with Crippen molar-refractivity contribution in [3.8, 4) is 50.4 Å². The molecule has 0 saturated heterocycles. The van der Waals surface area contributed by atoms with E-state index in [-0.39, 0.29) is 0 Å². The van der Waals surface area contributed by atoms with Gasteiger partial charge in [-0.25, -0.2) is 19.9 Å². The molecule has 54 heavy (non-hydrogen) atoms. The first-order chi connectivity index (χ1) is 26.8. The number of fused-ring (bicyclic) bond motifs is 9. The zero-order valence-electron chi connectivity index (χ0n) is 28.9. The number of benzene rings is 8. The summed E-state index contributed by atoms with van der Waals surface area (Å²) in [5, 5.41) is 8.17. The molecule has 0 amide bonds. The van der Waals surface area contributed by atoms with Gasteiger partial charge < -0.3 is 4.57 Å². The predicted octanol–water partition coefficient (Wildman–Crippen LogP) is 12.6. The van der Waals surface area contributed by atoms with Crippen molar-refractivity contribution in [1.29, 1.82) is 0 Å². The SMILES string of the molecule is c1ccc(-c2nc(-c3ccccc3)nc(-c3cc(-c4nc5c6ccccc6c6ccccc6c5s4)ccc3-n3c4ccccc4c4ccccc43)n2)cc1. The zero-order valence-corrected chi connectivity index (χ0v) is 29.7. The second-order valence-corrected chi connectivity index (χ2v) is 14.4. The molecule has 5 nitrogen and oxygen atoms in total. The summed E-state index contributed by atoms with van der Waals surface area (Å²) >= 11 is 1.74. The van der Waals surface area contributed by atoms with Crippen LogP contribution in [0.15, 0.2) is 176 Å². The van der Waals surface area contributed by atoms with Crippen LogP contribution in [0.1, 0.15) is 0 Å². The van der Waals surface area contributed by atoms with Crippen molar-refractivity contribution < 1.29 is 0 Å². The van der Waals surface area contributed by atoms with Gasteiger partial charge >= 0.3 is 0 Å². The number of nitrogens with zero attached hydrogens (tertiary/aromatic N) is 5. The number of rotatable bonds is 5. The molecule has 0 spiro atoms. The van der Waals surface area contributed by atoms with Crippen LogP contribution < -0.4 is 0 Å². The Hall–Kier alpha value is -7.02. The molecule has 0 N–H and O–H groups in total. The third-order valence-corrected chi connectivity index (χ3v) is 11.4. The standard InChI is InChI=1S/C48H29N5S/c1-3-15-30(16-4-1)45-50-46(31-17-5-2-6-18-31)52-47(51-45)39-29-32(27-28-42(39)53-40-25-13-11-21-35(40)36-22-12-14-26-41(36)53)48-49-43-37-23-9-7-19-33(37)34-20-8-10-24-38(34)44(43)54-48/h1-29H. The largest absolute Gasteiger partial charge is 0.309 e. The summed E-state index contributed by atoms with van der Waals surface area (Å²) in [7, 11) is 0. The van der Waals surface area contributed by atoms with E-state index in [1.807, 2.05) is 60.7 Å². The number of hydrogen-bond acceptors (Lipinski definition) is 5. The molecule has 11 aromatic rings. The fourth-order valence-corrected chi connectivity index (χ4v) is 8.92. The molecule has 11 rings (SSSR count). The molecule has 0 aliphatic carbocycles. The van der Waals surface area contributed by atoms with Gasteiger partial charge in [-0.1, -0.05) is 146 Å². The van der Waals surface area contributed by atoms with Gasteiger partial charge in [0.25, 0.3) is 0 Å². The van der Waals surface area contributed by atoms with Gasteiger partial charge in [0.15, 0.2) is 17.5 Å². The van der Waals surface area contributed by atoms with Crippen LogP contribution in [0.5, 0.6) is 0 Å². The molecule has 3 heterocycles. The van der Waals surface area contributed by atoms with Crippen LogP contribution in [0, 0.1) is 0 Å². The van der Waals surface area contributed by atoms with Gasteiger partial charge in [-0.2, -0.15) is 0 Å². The molecule has 0 fully saturated rings. The lowest BCUT2D eigenvalue weighted by molar-refractivity contribution is 1.06. The molecule has 0 aliphatic rings. The topological polar surface area (TPSA) is 56.5 Å². The Balaban J connectivity index is 1.22. The van der Waals surface area contributed by atoms with E-state index in [0.29, 0.717) is 17.5 Å². The third kappa shape index (κ3) is 4.85. The summed E-state index contributed by atoms with van der Waals surface area (Å²) < 4.78 is 3.53. The molecule has 3 aromatic heterocycles. The Morgan fingerprint density at radius 2 is 0.852 bits per heavy atom. The average Bonchev–Trinajstić information content (AvgIpc) is 3.85. The van der Waals surface area contributed by atoms with Crippen LogP contribution in [0.3, 0.4) is 0 Å². The number of thiazole rings is 1. The van der Waals surface area contributed by atoms with Gasteiger partial charge in [0.1, 0.15) is 5.01 Å². The fourth-order valence-electron chi connectivity index (χ4n) is 7.80. The van der Waals surface area contributed by atoms with Crippen LogP contribution in [-0.2, 0) is 0 Å². The summed E-state index contributed by atoms with van der Waals surface area (Å²) in [4.78, 5) is 20.9. The zero-order chi connectivity index (χ0) is 35.6. The first-order valence-corrected chi connectivity index (χ1v) is 18.8. The van der Waals surface area contributed by atoms with Gasteiger partial charge in [-0.3, -0.25) is 0 Å². The fraction of sp³-hybridized carbons (Fsp3) is 0. The molecule has 0 saturated carbocycles. The minimum atomic E-state index is 0.596. The van der Waals surface area contributed by atoms with Crippen LogP contribution in [0.2, 0.25) is 0 Å². The van der Waals surface area contributed by atoms with Gasteiger partial charge in [0.2, 0.25) is 0 Å². The maximum Gasteiger partial charge on any atom is 0.166 e. The van der Waals surface area contributed by atoms with Crippen LogP contribution in [0.4, 0.5) is 0 Å². The van der Waals surface area contributed by atoms with Gasteiger partial charge in [-0.15, -0.1) is 11.3 Å². The van der Waals surface area contributed by atoms with Gasteiger partial charge in [-0.05, 0) is 41.1 Å². The van der Waals surface area contributed by atoms with Gasteiger partial charge in [0.05, 0.1) is 26.9 Å². The van der Waals surface area contributed by atoms with E-state index >= 15 is 0 Å². The summed E-state index contributed by atoms with van der Waals surface area (Å²) in [5.74, 6) is 1.84. The van der Waals surface area contributed by atoms with Crippen LogP contribution >= 0.6 is 11.3 Å². The van der Waals surface area contributed by atoms with E-state index in [2.05, 4.69) is 120 Å². The van der Waals surface area contributed by atoms with Gasteiger partial charge in [0, 0.05) is 43.8 Å². The summed E-state index contributed by atoms with van der Waals surface area (Å²) in [6.45, 7) is 0. The molecular weight excluding hydrogens is 679 g/mol. The van der Waals surface area contributed by atoms with Crippen molar-refractivity contribution in [2.24, 2.45) is 0 Å². The number of aromatic nitrogens is 5. The normalized spacial score (nSPS) is 11.7. The summed E-state index contributed by atoms with van der Waals surface area (Å²) in [6, 6.07) is 61.4. The highest BCUT2D eigenvalue weighted by atomic mass is 32.1. The smallest absolute Gasteiger partial charge is 0.166 e. The lowest BCUT2D eigenvalue weighted by atomic mass is 10.0. The highest BCUT2D eigenvalue weighted by molar-refractivity contribution is 7.22. The maximum absolute atomic E-state index is 5.38. The minimum absolute atomic E-state index is 0.596. The molecule has 0 aliphatic heterocycles. The maximum atomic E-state index is 5.38. The highest BCUT2D eigenvalue weighted by Crippen LogP contribution is 2.43. The molecule has 252 valence electrons. The highest BCUT2D eigenvalue weighted by Gasteiger charge is 2.22. The Bertz CT molecular complexity index is 3040. The lowest BCUT2D eigenvalue weighted by Crippen LogP contribution is -2.04. The van der Waals surface area contributed by atoms with E-state index in [0.717, 1.165) is 54.9 Å². The molecule has 0 bridgehead atoms. The first kappa shape index (κ1) is 30.6. The minimum Gasteiger partial charge on any atom is -0.309 e. The third-order valence-electron chi connectivity index (χ3n) is 10.3. The van der Waals surface area contributed by atoms with E-state index in [9.17, 15) is 0 Å². The lowest BCUT2D eigenvalue weighted by Gasteiger charge is -2.15. The van der Waals surface area contributed by atoms with E-state index in [4.69, 9.17) is 19.9 Å². The van der Waals surface area contributed by atoms with Crippen molar-refractivity contribution in [1.82, 2.24) is 24.5 Å². The molecule has 0 unspecified atom stereocenters. The Labute approximate surface area is 314 Å². The van der Waals surface area contributed by atoms with Crippen molar-refractivity contribution >= 4 is 64.9 Å². The Morgan fingerprint density at radius 1 is 0.370 bits per heavy atom. The quantitative estimate of drug-likeness (QED) is 0.167. The average molecular weight is 708 g/mol. The summed E-state index contributed by atoms with van der Waals surface area (Å²) in [5.41, 5.74) is 8.00. The molecule has 8 aromatic carbocycles. The van der Waals surface area contributed by atoms with Crippen molar-refractivity contribution in [2.75, 3.05) is 0 Å². The molecule has 0 radical (unpaired) electrons. The summed E-state index contributed by atoms with van der Waals surface area (Å²) in [6.07, 6.45) is 0. The van der Waals surface area contributed by atoms with Crippen molar-refractivity contribution in [2.45, 2.75) is 0 Å². The van der Waals surface area contributed by atoms with Crippen LogP contribution in [0.25, 0.3) is 104 Å². The molecule has 0 atom stereocenters. The van der Waals surface area contributed by atoms with Crippen molar-refractivity contribution in [3.63, 3.8) is 0 Å². The van der Waals surface area contributed by atoms with Crippen LogP contribution in [-0.4, -0.2) is 24.5 Å². The number of hydrogen-bond donors (Lipinski definition) is 0. The second kappa shape index (κ2) is 12.3. The Morgan fingerprint density at radius 3 is 1.46 bits per heavy atom. The first-order valence-electron chi connectivity index (χ1n) is 18.0. The van der Waals surface area contributed by atoms with Crippen molar-refractivity contribution in [3.05, 3.63) is 176 Å². The predicted molar refractivity (Wildman–Crippen MR) is 224 cm³/mol.